The van der Waals surface area contributed by atoms with Crippen molar-refractivity contribution in [3.63, 3.8) is 0 Å². The van der Waals surface area contributed by atoms with Crippen LogP contribution in [0.15, 0.2) is 30.6 Å². The second-order valence-electron chi connectivity index (χ2n) is 7.98. The summed E-state index contributed by atoms with van der Waals surface area (Å²) < 4.78 is 28.4. The molecular weight excluding hydrogens is 448 g/mol. The molecule has 5 rings (SSSR count). The van der Waals surface area contributed by atoms with Gasteiger partial charge in [-0.2, -0.15) is 0 Å². The lowest BCUT2D eigenvalue weighted by Crippen LogP contribution is -2.46. The van der Waals surface area contributed by atoms with E-state index in [9.17, 15) is 13.6 Å². The topological polar surface area (TPSA) is 78.7 Å². The summed E-state index contributed by atoms with van der Waals surface area (Å²) in [4.78, 5) is 31.5. The van der Waals surface area contributed by atoms with Crippen molar-refractivity contribution in [1.29, 1.82) is 0 Å². The Hall–Kier alpha value is -3.18. The van der Waals surface area contributed by atoms with Gasteiger partial charge in [0.15, 0.2) is 11.3 Å². The van der Waals surface area contributed by atoms with Crippen LogP contribution in [0.3, 0.4) is 0 Å². The second kappa shape index (κ2) is 8.64. The van der Waals surface area contributed by atoms with Gasteiger partial charge in [-0.05, 0) is 31.7 Å². The molecule has 172 valence electrons. The van der Waals surface area contributed by atoms with Gasteiger partial charge in [0.2, 0.25) is 0 Å². The number of carbonyl (C=O) groups is 1. The predicted molar refractivity (Wildman–Crippen MR) is 125 cm³/mol. The molecule has 1 saturated heterocycles. The molecule has 0 unspecified atom stereocenters. The number of aryl methyl sites for hydroxylation is 1. The number of anilines is 2. The van der Waals surface area contributed by atoms with Crippen LogP contribution in [0.4, 0.5) is 20.4 Å². The van der Waals surface area contributed by atoms with Crippen molar-refractivity contribution in [2.75, 3.05) is 42.9 Å². The summed E-state index contributed by atoms with van der Waals surface area (Å²) in [5.41, 5.74) is 0.204. The number of piperazine rings is 1. The molecule has 0 spiro atoms. The number of nitrogens with one attached hydrogen (secondary N) is 1. The number of nitrogens with zero attached hydrogens (tertiary/aromatic N) is 6. The number of halogens is 2. The Morgan fingerprint density at radius 3 is 2.67 bits per heavy atom. The SMILES string of the molecule is CCN1CCN(c2ccc3cc(C(=O)Nc4cn5cc(C)nc5c(C(F)F)n4)sc3n2)CC1. The number of amides is 1. The van der Waals surface area contributed by atoms with Crippen molar-refractivity contribution in [3.8, 4) is 0 Å². The van der Waals surface area contributed by atoms with Gasteiger partial charge in [0.25, 0.3) is 12.3 Å². The molecule has 5 heterocycles. The van der Waals surface area contributed by atoms with Gasteiger partial charge in [-0.25, -0.2) is 23.7 Å². The van der Waals surface area contributed by atoms with Crippen molar-refractivity contribution in [2.45, 2.75) is 20.3 Å². The van der Waals surface area contributed by atoms with Crippen LogP contribution >= 0.6 is 11.3 Å². The van der Waals surface area contributed by atoms with Gasteiger partial charge in [-0.3, -0.25) is 4.79 Å². The molecule has 33 heavy (non-hydrogen) atoms. The molecule has 1 amide bonds. The van der Waals surface area contributed by atoms with E-state index in [4.69, 9.17) is 4.98 Å². The second-order valence-corrected chi connectivity index (χ2v) is 9.01. The first-order chi connectivity index (χ1) is 15.9. The van der Waals surface area contributed by atoms with Crippen LogP contribution in [0, 0.1) is 6.92 Å². The molecule has 11 heteroatoms. The summed E-state index contributed by atoms with van der Waals surface area (Å²) in [7, 11) is 0. The average Bonchev–Trinajstić information content (AvgIpc) is 3.40. The minimum absolute atomic E-state index is 0.0418. The first-order valence-electron chi connectivity index (χ1n) is 10.7. The summed E-state index contributed by atoms with van der Waals surface area (Å²) in [5, 5.41) is 3.50. The molecule has 1 N–H and O–H groups in total. The fourth-order valence-corrected chi connectivity index (χ4v) is 4.94. The maximum absolute atomic E-state index is 13.5. The molecule has 8 nitrogen and oxygen atoms in total. The normalized spacial score (nSPS) is 15.1. The van der Waals surface area contributed by atoms with Gasteiger partial charge in [-0.1, -0.05) is 6.92 Å². The van der Waals surface area contributed by atoms with E-state index in [2.05, 4.69) is 32.0 Å². The van der Waals surface area contributed by atoms with Crippen molar-refractivity contribution in [2.24, 2.45) is 0 Å². The summed E-state index contributed by atoms with van der Waals surface area (Å²) in [6, 6.07) is 5.70. The van der Waals surface area contributed by atoms with E-state index < -0.39 is 18.0 Å². The number of rotatable bonds is 5. The summed E-state index contributed by atoms with van der Waals surface area (Å²) in [5.74, 6) is 0.524. The average molecular weight is 472 g/mol. The van der Waals surface area contributed by atoms with Crippen LogP contribution in [-0.2, 0) is 0 Å². The molecule has 0 atom stereocenters. The number of carbonyl (C=O) groups excluding carboxylic acids is 1. The van der Waals surface area contributed by atoms with E-state index >= 15 is 0 Å². The van der Waals surface area contributed by atoms with E-state index in [0.717, 1.165) is 48.8 Å². The molecule has 4 aromatic heterocycles. The van der Waals surface area contributed by atoms with Crippen LogP contribution in [0.1, 0.15) is 34.4 Å². The van der Waals surface area contributed by atoms with Gasteiger partial charge in [-0.15, -0.1) is 11.3 Å². The van der Waals surface area contributed by atoms with Gasteiger partial charge in [0.05, 0.1) is 16.8 Å². The molecule has 1 fully saturated rings. The lowest BCUT2D eigenvalue weighted by atomic mass is 10.2. The Balaban J connectivity index is 1.38. The van der Waals surface area contributed by atoms with Gasteiger partial charge in [0, 0.05) is 37.8 Å². The third-order valence-electron chi connectivity index (χ3n) is 5.77. The third kappa shape index (κ3) is 4.25. The number of fused-ring (bicyclic) bond motifs is 2. The van der Waals surface area contributed by atoms with E-state index in [1.807, 2.05) is 12.1 Å². The van der Waals surface area contributed by atoms with Crippen LogP contribution in [0.2, 0.25) is 0 Å². The number of hydrogen-bond acceptors (Lipinski definition) is 7. The maximum atomic E-state index is 13.5. The highest BCUT2D eigenvalue weighted by atomic mass is 32.1. The van der Waals surface area contributed by atoms with Crippen molar-refractivity contribution < 1.29 is 13.6 Å². The fraction of sp³-hybridized carbons (Fsp3) is 0.364. The third-order valence-corrected chi connectivity index (χ3v) is 6.81. The van der Waals surface area contributed by atoms with E-state index in [-0.39, 0.29) is 11.5 Å². The predicted octanol–water partition coefficient (Wildman–Crippen LogP) is 3.98. The number of aromatic nitrogens is 4. The summed E-state index contributed by atoms with van der Waals surface area (Å²) in [6.07, 6.45) is 0.292. The minimum Gasteiger partial charge on any atom is -0.354 e. The van der Waals surface area contributed by atoms with Crippen molar-refractivity contribution >= 4 is 44.7 Å². The molecule has 1 aliphatic rings. The number of alkyl halides is 2. The van der Waals surface area contributed by atoms with Crippen molar-refractivity contribution in [3.05, 3.63) is 46.9 Å². The van der Waals surface area contributed by atoms with Gasteiger partial charge < -0.3 is 19.5 Å². The molecular formula is C22H23F2N7OS. The first-order valence-corrected chi connectivity index (χ1v) is 11.6. The van der Waals surface area contributed by atoms with Crippen molar-refractivity contribution in [1.82, 2.24) is 24.3 Å². The Morgan fingerprint density at radius 2 is 1.94 bits per heavy atom. The van der Waals surface area contributed by atoms with Crippen LogP contribution < -0.4 is 10.2 Å². The van der Waals surface area contributed by atoms with E-state index in [1.54, 1.807) is 19.2 Å². The standard InChI is InChI=1S/C22H23F2N7OS/c1-3-29-6-8-30(9-7-29)17-5-4-14-10-15(33-22(14)28-17)21(32)27-16-12-31-11-13(2)25-20(31)18(26-16)19(23)24/h4-5,10-12,19H,3,6-9H2,1-2H3,(H,27,32). The zero-order valence-corrected chi connectivity index (χ0v) is 19.1. The lowest BCUT2D eigenvalue weighted by molar-refractivity contribution is 0.102. The monoisotopic (exact) mass is 471 g/mol. The van der Waals surface area contributed by atoms with Crippen LogP contribution in [0.25, 0.3) is 15.9 Å². The number of pyridine rings is 1. The highest BCUT2D eigenvalue weighted by Gasteiger charge is 2.21. The molecule has 0 radical (unpaired) electrons. The number of imidazole rings is 1. The molecule has 0 saturated carbocycles. The Bertz CT molecular complexity index is 1330. The van der Waals surface area contributed by atoms with Gasteiger partial charge in [0.1, 0.15) is 16.5 Å². The zero-order valence-electron chi connectivity index (χ0n) is 18.3. The highest BCUT2D eigenvalue weighted by molar-refractivity contribution is 7.20. The summed E-state index contributed by atoms with van der Waals surface area (Å²) >= 11 is 1.27. The van der Waals surface area contributed by atoms with E-state index in [1.165, 1.54) is 21.9 Å². The lowest BCUT2D eigenvalue weighted by Gasteiger charge is -2.34. The highest BCUT2D eigenvalue weighted by Crippen LogP contribution is 2.28. The molecule has 1 aliphatic heterocycles. The number of thiophene rings is 1. The quantitative estimate of drug-likeness (QED) is 0.474. The first kappa shape index (κ1) is 21.7. The number of likely N-dealkylation sites (N-methyl/N-ethyl adjacent to an activating group) is 1. The maximum Gasteiger partial charge on any atom is 0.284 e. The Kier molecular flexibility index (Phi) is 5.67. The number of hydrogen-bond donors (Lipinski definition) is 1. The van der Waals surface area contributed by atoms with Crippen LogP contribution in [-0.4, -0.2) is 62.9 Å². The smallest absolute Gasteiger partial charge is 0.284 e. The van der Waals surface area contributed by atoms with E-state index in [0.29, 0.717) is 10.6 Å². The molecule has 4 aromatic rings. The Labute approximate surface area is 192 Å². The largest absolute Gasteiger partial charge is 0.354 e. The van der Waals surface area contributed by atoms with Gasteiger partial charge >= 0.3 is 0 Å². The van der Waals surface area contributed by atoms with Crippen LogP contribution in [0.5, 0.6) is 0 Å². The molecule has 0 aliphatic carbocycles. The fourth-order valence-electron chi connectivity index (χ4n) is 4.02. The Morgan fingerprint density at radius 1 is 1.15 bits per heavy atom. The minimum atomic E-state index is -2.81. The zero-order chi connectivity index (χ0) is 23.1. The molecule has 0 aromatic carbocycles. The molecule has 0 bridgehead atoms. The summed E-state index contributed by atoms with van der Waals surface area (Å²) in [6.45, 7) is 8.76.